The van der Waals surface area contributed by atoms with Crippen LogP contribution in [0.2, 0.25) is 0 Å². The second-order valence-corrected chi connectivity index (χ2v) is 8.08. The number of halogens is 1. The second-order valence-electron chi connectivity index (χ2n) is 8.08. The first-order valence-electron chi connectivity index (χ1n) is 11.2. The van der Waals surface area contributed by atoms with Gasteiger partial charge in [-0.25, -0.2) is 4.39 Å². The third-order valence-electron chi connectivity index (χ3n) is 5.75. The van der Waals surface area contributed by atoms with Crippen molar-refractivity contribution >= 4 is 11.6 Å². The number of hydrogen-bond acceptors (Lipinski definition) is 5. The van der Waals surface area contributed by atoms with Gasteiger partial charge in [-0.15, -0.1) is 0 Å². The van der Waals surface area contributed by atoms with E-state index in [1.807, 2.05) is 24.3 Å². The molecule has 5 rings (SSSR count). The highest BCUT2D eigenvalue weighted by Crippen LogP contribution is 2.36. The molecule has 2 aromatic heterocycles. The van der Waals surface area contributed by atoms with E-state index in [9.17, 15) is 14.0 Å². The molecule has 0 bridgehead atoms. The highest BCUT2D eigenvalue weighted by atomic mass is 19.1. The predicted octanol–water partition coefficient (Wildman–Crippen LogP) is 4.84. The Kier molecular flexibility index (Phi) is 6.01. The Morgan fingerprint density at radius 1 is 0.971 bits per heavy atom. The molecule has 1 N–H and O–H groups in total. The first-order valence-corrected chi connectivity index (χ1v) is 11.2. The van der Waals surface area contributed by atoms with Gasteiger partial charge in [-0.1, -0.05) is 13.0 Å². The van der Waals surface area contributed by atoms with Crippen molar-refractivity contribution in [2.45, 2.75) is 19.9 Å². The molecular weight excluding hydrogens is 449 g/mol. The summed E-state index contributed by atoms with van der Waals surface area (Å²) in [6, 6.07) is 16.9. The lowest BCUT2D eigenvalue weighted by Crippen LogP contribution is -2.27. The van der Waals surface area contributed by atoms with Crippen molar-refractivity contribution in [1.29, 1.82) is 0 Å². The number of rotatable bonds is 6. The third-order valence-corrected chi connectivity index (χ3v) is 5.75. The quantitative estimate of drug-likeness (QED) is 0.435. The average Bonchev–Trinajstić information content (AvgIpc) is 3.35. The largest absolute Gasteiger partial charge is 0.454 e. The van der Waals surface area contributed by atoms with Gasteiger partial charge >= 0.3 is 0 Å². The number of benzene rings is 2. The van der Waals surface area contributed by atoms with E-state index < -0.39 is 0 Å². The fourth-order valence-electron chi connectivity index (χ4n) is 3.93. The van der Waals surface area contributed by atoms with E-state index >= 15 is 0 Å². The van der Waals surface area contributed by atoms with Crippen LogP contribution in [-0.4, -0.2) is 22.3 Å². The Morgan fingerprint density at radius 3 is 2.54 bits per heavy atom. The first kappa shape index (κ1) is 22.3. The van der Waals surface area contributed by atoms with E-state index in [-0.39, 0.29) is 42.7 Å². The van der Waals surface area contributed by atoms with Crippen molar-refractivity contribution in [2.75, 3.05) is 12.1 Å². The molecule has 1 aliphatic rings. The number of ether oxygens (including phenoxy) is 2. The van der Waals surface area contributed by atoms with Crippen LogP contribution in [0.3, 0.4) is 0 Å². The smallest absolute Gasteiger partial charge is 0.275 e. The maximum atomic E-state index is 13.5. The normalized spacial score (nSPS) is 11.9. The van der Waals surface area contributed by atoms with E-state index in [0.29, 0.717) is 22.8 Å². The number of aromatic nitrogens is 2. The van der Waals surface area contributed by atoms with E-state index in [2.05, 4.69) is 10.3 Å². The van der Waals surface area contributed by atoms with Gasteiger partial charge in [0.15, 0.2) is 11.5 Å². The van der Waals surface area contributed by atoms with Crippen LogP contribution in [0.25, 0.3) is 22.4 Å². The summed E-state index contributed by atoms with van der Waals surface area (Å²) in [5, 5.41) is 2.66. The zero-order chi connectivity index (χ0) is 24.4. The molecule has 3 heterocycles. The van der Waals surface area contributed by atoms with E-state index in [1.54, 1.807) is 48.1 Å². The van der Waals surface area contributed by atoms with Crippen LogP contribution in [0.15, 0.2) is 77.9 Å². The van der Waals surface area contributed by atoms with Gasteiger partial charge in [0, 0.05) is 24.4 Å². The van der Waals surface area contributed by atoms with Gasteiger partial charge in [0.2, 0.25) is 12.7 Å². The predicted molar refractivity (Wildman–Crippen MR) is 130 cm³/mol. The minimum Gasteiger partial charge on any atom is -0.454 e. The van der Waals surface area contributed by atoms with Gasteiger partial charge in [-0.05, 0) is 71.3 Å². The van der Waals surface area contributed by atoms with E-state index in [1.165, 1.54) is 12.1 Å². The zero-order valence-corrected chi connectivity index (χ0v) is 19.0. The van der Waals surface area contributed by atoms with Crippen LogP contribution in [0.1, 0.15) is 18.9 Å². The highest BCUT2D eigenvalue weighted by molar-refractivity contribution is 5.90. The second kappa shape index (κ2) is 9.42. The molecule has 1 aliphatic heterocycles. The third kappa shape index (κ3) is 4.63. The number of carbonyl (C=O) groups is 1. The summed E-state index contributed by atoms with van der Waals surface area (Å²) < 4.78 is 25.9. The lowest BCUT2D eigenvalue weighted by molar-refractivity contribution is -0.115. The summed E-state index contributed by atoms with van der Waals surface area (Å²) in [7, 11) is 0. The topological polar surface area (TPSA) is 82.5 Å². The molecule has 0 spiro atoms. The summed E-state index contributed by atoms with van der Waals surface area (Å²) in [6.45, 7) is 2.11. The fraction of sp³-hybridized carbons (Fsp3) is 0.148. The Hall–Kier alpha value is -4.46. The van der Waals surface area contributed by atoms with Crippen LogP contribution in [0.5, 0.6) is 11.5 Å². The molecule has 0 fully saturated rings. The molecule has 35 heavy (non-hydrogen) atoms. The van der Waals surface area contributed by atoms with Gasteiger partial charge < -0.3 is 19.4 Å². The maximum Gasteiger partial charge on any atom is 0.275 e. The Balaban J connectivity index is 1.55. The molecule has 4 aromatic rings. The molecule has 0 radical (unpaired) electrons. The van der Waals surface area contributed by atoms with Crippen molar-refractivity contribution in [3.8, 4) is 33.9 Å². The van der Waals surface area contributed by atoms with Crippen LogP contribution in [0, 0.1) is 5.82 Å². The number of carbonyl (C=O) groups excluding carboxylic acids is 1. The average molecular weight is 471 g/mol. The molecule has 7 nitrogen and oxygen atoms in total. The number of nitrogens with zero attached hydrogens (tertiary/aromatic N) is 2. The molecule has 8 heteroatoms. The SMILES string of the molecule is CCC(=O)Nc1ccc(-c2ccc(F)cc2)n(Cc2cncc(-c3ccc4c(c3)OCO4)c2)c1=O. The molecule has 2 aromatic carbocycles. The summed E-state index contributed by atoms with van der Waals surface area (Å²) in [4.78, 5) is 29.7. The van der Waals surface area contributed by atoms with Crippen LogP contribution in [0.4, 0.5) is 10.1 Å². The standard InChI is InChI=1S/C27H22FN3O4/c1-2-26(32)30-22-8-9-23(18-3-6-21(28)7-4-18)31(27(22)33)15-17-11-20(14-29-13-17)19-5-10-24-25(12-19)35-16-34-24/h3-14H,2,15-16H2,1H3,(H,30,32). The molecule has 0 aliphatic carbocycles. The lowest BCUT2D eigenvalue weighted by atomic mass is 10.0. The number of hydrogen-bond donors (Lipinski definition) is 1. The fourth-order valence-corrected chi connectivity index (χ4v) is 3.93. The summed E-state index contributed by atoms with van der Waals surface area (Å²) >= 11 is 0. The molecule has 1 amide bonds. The van der Waals surface area contributed by atoms with Gasteiger partial charge in [0.25, 0.3) is 5.56 Å². The molecule has 0 atom stereocenters. The maximum absolute atomic E-state index is 13.5. The minimum absolute atomic E-state index is 0.183. The van der Waals surface area contributed by atoms with Gasteiger partial charge in [-0.2, -0.15) is 0 Å². The summed E-state index contributed by atoms with van der Waals surface area (Å²) in [6.07, 6.45) is 3.68. The van der Waals surface area contributed by atoms with E-state index in [4.69, 9.17) is 9.47 Å². The lowest BCUT2D eigenvalue weighted by Gasteiger charge is -2.16. The number of pyridine rings is 2. The minimum atomic E-state index is -0.366. The Labute approximate surface area is 200 Å². The van der Waals surface area contributed by atoms with Crippen LogP contribution in [-0.2, 0) is 11.3 Å². The van der Waals surface area contributed by atoms with Crippen molar-refractivity contribution in [1.82, 2.24) is 9.55 Å². The molecular formula is C27H22FN3O4. The summed E-state index contributed by atoms with van der Waals surface area (Å²) in [5.74, 6) is 0.742. The van der Waals surface area contributed by atoms with Gasteiger partial charge in [0.1, 0.15) is 11.5 Å². The number of fused-ring (bicyclic) bond motifs is 1. The van der Waals surface area contributed by atoms with Gasteiger partial charge in [0.05, 0.1) is 12.2 Å². The number of amides is 1. The van der Waals surface area contributed by atoms with Crippen LogP contribution < -0.4 is 20.3 Å². The molecule has 0 saturated heterocycles. The molecule has 0 saturated carbocycles. The summed E-state index contributed by atoms with van der Waals surface area (Å²) in [5.41, 5.74) is 3.63. The molecule has 176 valence electrons. The monoisotopic (exact) mass is 471 g/mol. The number of anilines is 1. The van der Waals surface area contributed by atoms with Crippen LogP contribution >= 0.6 is 0 Å². The van der Waals surface area contributed by atoms with Crippen molar-refractivity contribution in [3.05, 3.63) is 94.8 Å². The molecule has 0 unspecified atom stereocenters. The zero-order valence-electron chi connectivity index (χ0n) is 19.0. The van der Waals surface area contributed by atoms with Crippen molar-refractivity contribution in [2.24, 2.45) is 0 Å². The van der Waals surface area contributed by atoms with Gasteiger partial charge in [-0.3, -0.25) is 14.6 Å². The number of nitrogens with one attached hydrogen (secondary N) is 1. The van der Waals surface area contributed by atoms with Crippen molar-refractivity contribution in [3.63, 3.8) is 0 Å². The Morgan fingerprint density at radius 2 is 1.74 bits per heavy atom. The first-order chi connectivity index (χ1) is 17.0. The van der Waals surface area contributed by atoms with Crippen molar-refractivity contribution < 1.29 is 18.7 Å². The van der Waals surface area contributed by atoms with E-state index in [0.717, 1.165) is 16.7 Å². The Bertz CT molecular complexity index is 1460. The highest BCUT2D eigenvalue weighted by Gasteiger charge is 2.16.